The Morgan fingerprint density at radius 2 is 2.00 bits per heavy atom. The van der Waals surface area contributed by atoms with Gasteiger partial charge in [-0.1, -0.05) is 29.8 Å². The molecule has 98 valence electrons. The number of fused-ring (bicyclic) bond motifs is 1. The second-order valence-electron chi connectivity index (χ2n) is 4.92. The van der Waals surface area contributed by atoms with Crippen LogP contribution in [-0.4, -0.2) is 4.57 Å². The number of nitriles is 1. The number of benzene rings is 2. The molecule has 0 radical (unpaired) electrons. The molecule has 0 spiro atoms. The van der Waals surface area contributed by atoms with E-state index < -0.39 is 0 Å². The molecule has 0 aliphatic heterocycles. The molecule has 2 aromatic carbocycles. The van der Waals surface area contributed by atoms with Crippen LogP contribution in [0.4, 0.5) is 0 Å². The molecule has 0 atom stereocenters. The Balaban J connectivity index is 2.04. The summed E-state index contributed by atoms with van der Waals surface area (Å²) in [7, 11) is 0. The van der Waals surface area contributed by atoms with Gasteiger partial charge >= 0.3 is 0 Å². The van der Waals surface area contributed by atoms with Gasteiger partial charge < -0.3 is 4.57 Å². The summed E-state index contributed by atoms with van der Waals surface area (Å²) in [6, 6.07) is 16.1. The summed E-state index contributed by atoms with van der Waals surface area (Å²) in [6.45, 7) is 2.73. The smallest absolute Gasteiger partial charge is 0.0992 e. The van der Waals surface area contributed by atoms with Gasteiger partial charge in [0, 0.05) is 23.3 Å². The van der Waals surface area contributed by atoms with E-state index in [2.05, 4.69) is 28.8 Å². The molecule has 0 N–H and O–H groups in total. The summed E-state index contributed by atoms with van der Waals surface area (Å²) in [5.41, 5.74) is 3.97. The summed E-state index contributed by atoms with van der Waals surface area (Å²) in [6.07, 6.45) is 2.03. The normalized spacial score (nSPS) is 10.7. The monoisotopic (exact) mass is 280 g/mol. The van der Waals surface area contributed by atoms with E-state index >= 15 is 0 Å². The van der Waals surface area contributed by atoms with Crippen molar-refractivity contribution in [1.82, 2.24) is 4.57 Å². The Bertz CT molecular complexity index is 825. The quantitative estimate of drug-likeness (QED) is 0.678. The third-order valence-electron chi connectivity index (χ3n) is 3.45. The van der Waals surface area contributed by atoms with Gasteiger partial charge in [0.2, 0.25) is 0 Å². The molecule has 20 heavy (non-hydrogen) atoms. The SMILES string of the molecule is Cc1ccc(Cn2ccc3ccc(C#N)cc32)c(Cl)c1. The van der Waals surface area contributed by atoms with Crippen LogP contribution in [0.2, 0.25) is 5.02 Å². The van der Waals surface area contributed by atoms with Gasteiger partial charge in [-0.3, -0.25) is 0 Å². The van der Waals surface area contributed by atoms with E-state index in [9.17, 15) is 0 Å². The number of hydrogen-bond donors (Lipinski definition) is 0. The van der Waals surface area contributed by atoms with E-state index in [1.54, 1.807) is 0 Å². The molecular formula is C17H13ClN2. The molecule has 0 bridgehead atoms. The summed E-state index contributed by atoms with van der Waals surface area (Å²) in [5, 5.41) is 10.9. The zero-order chi connectivity index (χ0) is 14.1. The zero-order valence-electron chi connectivity index (χ0n) is 11.1. The van der Waals surface area contributed by atoms with Gasteiger partial charge in [0.05, 0.1) is 11.6 Å². The maximum Gasteiger partial charge on any atom is 0.0992 e. The van der Waals surface area contributed by atoms with Crippen LogP contribution in [0.15, 0.2) is 48.7 Å². The van der Waals surface area contributed by atoms with Crippen LogP contribution in [0, 0.1) is 18.3 Å². The molecule has 3 aromatic rings. The Hall–Kier alpha value is -2.24. The largest absolute Gasteiger partial charge is 0.343 e. The Labute approximate surface area is 122 Å². The van der Waals surface area contributed by atoms with Gasteiger partial charge in [0.15, 0.2) is 0 Å². The lowest BCUT2D eigenvalue weighted by molar-refractivity contribution is 0.836. The van der Waals surface area contributed by atoms with Gasteiger partial charge in [-0.2, -0.15) is 5.26 Å². The van der Waals surface area contributed by atoms with Crippen LogP contribution in [-0.2, 0) is 6.54 Å². The molecule has 3 rings (SSSR count). The Morgan fingerprint density at radius 3 is 2.75 bits per heavy atom. The summed E-state index contributed by atoms with van der Waals surface area (Å²) in [5.74, 6) is 0. The topological polar surface area (TPSA) is 28.7 Å². The first-order chi connectivity index (χ1) is 9.67. The minimum atomic E-state index is 0.674. The summed E-state index contributed by atoms with van der Waals surface area (Å²) >= 11 is 6.29. The maximum absolute atomic E-state index is 9.01. The van der Waals surface area contributed by atoms with Crippen LogP contribution in [0.25, 0.3) is 10.9 Å². The minimum Gasteiger partial charge on any atom is -0.343 e. The highest BCUT2D eigenvalue weighted by molar-refractivity contribution is 6.31. The predicted octanol–water partition coefficient (Wildman–Crippen LogP) is 4.52. The fraction of sp³-hybridized carbons (Fsp3) is 0.118. The van der Waals surface area contributed by atoms with Gasteiger partial charge in [-0.05, 0) is 47.7 Å². The highest BCUT2D eigenvalue weighted by Gasteiger charge is 2.06. The molecule has 0 unspecified atom stereocenters. The van der Waals surface area contributed by atoms with Crippen molar-refractivity contribution in [2.24, 2.45) is 0 Å². The first-order valence-corrected chi connectivity index (χ1v) is 6.79. The second-order valence-corrected chi connectivity index (χ2v) is 5.33. The van der Waals surface area contributed by atoms with Gasteiger partial charge in [0.1, 0.15) is 0 Å². The highest BCUT2D eigenvalue weighted by atomic mass is 35.5. The lowest BCUT2D eigenvalue weighted by Gasteiger charge is -2.08. The molecule has 0 saturated heterocycles. The summed E-state index contributed by atoms with van der Waals surface area (Å²) in [4.78, 5) is 0. The van der Waals surface area contributed by atoms with Crippen LogP contribution in [0.3, 0.4) is 0 Å². The Morgan fingerprint density at radius 1 is 1.15 bits per heavy atom. The Kier molecular flexibility index (Phi) is 3.22. The molecule has 0 aliphatic carbocycles. The molecule has 0 fully saturated rings. The molecule has 3 heteroatoms. The van der Waals surface area contributed by atoms with E-state index in [1.165, 1.54) is 0 Å². The molecule has 0 aliphatic rings. The predicted molar refractivity (Wildman–Crippen MR) is 81.9 cm³/mol. The third-order valence-corrected chi connectivity index (χ3v) is 3.80. The van der Waals surface area contributed by atoms with Crippen LogP contribution in [0.1, 0.15) is 16.7 Å². The zero-order valence-corrected chi connectivity index (χ0v) is 11.9. The van der Waals surface area contributed by atoms with Crippen molar-refractivity contribution in [3.8, 4) is 6.07 Å². The number of aromatic nitrogens is 1. The van der Waals surface area contributed by atoms with Crippen LogP contribution >= 0.6 is 11.6 Å². The number of nitrogens with zero attached hydrogens (tertiary/aromatic N) is 2. The maximum atomic E-state index is 9.01. The molecule has 0 amide bonds. The van der Waals surface area contributed by atoms with Crippen LogP contribution in [0.5, 0.6) is 0 Å². The van der Waals surface area contributed by atoms with Crippen molar-refractivity contribution in [1.29, 1.82) is 5.26 Å². The molecular weight excluding hydrogens is 268 g/mol. The average molecular weight is 281 g/mol. The number of hydrogen-bond acceptors (Lipinski definition) is 1. The number of rotatable bonds is 2. The van der Waals surface area contributed by atoms with Gasteiger partial charge in [0.25, 0.3) is 0 Å². The second kappa shape index (κ2) is 5.03. The first-order valence-electron chi connectivity index (χ1n) is 6.41. The molecule has 1 heterocycles. The van der Waals surface area contributed by atoms with Gasteiger partial charge in [-0.25, -0.2) is 0 Å². The minimum absolute atomic E-state index is 0.674. The lowest BCUT2D eigenvalue weighted by atomic mass is 10.1. The summed E-state index contributed by atoms with van der Waals surface area (Å²) < 4.78 is 2.12. The average Bonchev–Trinajstić information content (AvgIpc) is 2.84. The molecule has 0 saturated carbocycles. The standard InChI is InChI=1S/C17H13ClN2/c1-12-2-4-15(16(18)8-12)11-20-7-6-14-5-3-13(10-19)9-17(14)20/h2-9H,11H2,1H3. The fourth-order valence-electron chi connectivity index (χ4n) is 2.36. The van der Waals surface area contributed by atoms with Crippen molar-refractivity contribution in [2.45, 2.75) is 13.5 Å². The van der Waals surface area contributed by atoms with Gasteiger partial charge in [-0.15, -0.1) is 0 Å². The van der Waals surface area contributed by atoms with Crippen molar-refractivity contribution in [3.63, 3.8) is 0 Å². The van der Waals surface area contributed by atoms with E-state index in [0.717, 1.165) is 27.1 Å². The fourth-order valence-corrected chi connectivity index (χ4v) is 2.65. The van der Waals surface area contributed by atoms with E-state index in [1.807, 2.05) is 37.4 Å². The molecule has 1 aromatic heterocycles. The van der Waals surface area contributed by atoms with E-state index in [-0.39, 0.29) is 0 Å². The molecule has 2 nitrogen and oxygen atoms in total. The van der Waals surface area contributed by atoms with Crippen molar-refractivity contribution < 1.29 is 0 Å². The van der Waals surface area contributed by atoms with Crippen molar-refractivity contribution in [2.75, 3.05) is 0 Å². The number of aryl methyl sites for hydroxylation is 1. The number of halogens is 1. The highest BCUT2D eigenvalue weighted by Crippen LogP contribution is 2.22. The van der Waals surface area contributed by atoms with Crippen molar-refractivity contribution in [3.05, 3.63) is 70.4 Å². The first kappa shape index (κ1) is 12.8. The van der Waals surface area contributed by atoms with E-state index in [4.69, 9.17) is 16.9 Å². The lowest BCUT2D eigenvalue weighted by Crippen LogP contribution is -1.99. The third kappa shape index (κ3) is 2.29. The van der Waals surface area contributed by atoms with Crippen molar-refractivity contribution >= 4 is 22.5 Å². The van der Waals surface area contributed by atoms with E-state index in [0.29, 0.717) is 12.1 Å². The van der Waals surface area contributed by atoms with Crippen LogP contribution < -0.4 is 0 Å².